The van der Waals surface area contributed by atoms with Crippen molar-refractivity contribution in [1.29, 1.82) is 5.26 Å². The summed E-state index contributed by atoms with van der Waals surface area (Å²) in [4.78, 5) is 10.1. The Morgan fingerprint density at radius 3 is 2.82 bits per heavy atom. The van der Waals surface area contributed by atoms with Crippen molar-refractivity contribution in [1.82, 2.24) is 5.32 Å². The van der Waals surface area contributed by atoms with Crippen LogP contribution in [0.4, 0.5) is 5.69 Å². The Kier molecular flexibility index (Phi) is 4.43. The molecule has 0 saturated carbocycles. The number of likely N-dealkylation sites (N-methyl/N-ethyl adjacent to an activating group) is 1. The average Bonchev–Trinajstić information content (AvgIpc) is 2.31. The van der Waals surface area contributed by atoms with Crippen LogP contribution in [0.1, 0.15) is 5.56 Å². The molecule has 90 valence electrons. The fraction of sp³-hybridized carbons (Fsp3) is 0.364. The second-order valence-electron chi connectivity index (χ2n) is 3.49. The van der Waals surface area contributed by atoms with E-state index in [1.54, 1.807) is 14.0 Å². The van der Waals surface area contributed by atoms with Crippen LogP contribution >= 0.6 is 0 Å². The summed E-state index contributed by atoms with van der Waals surface area (Å²) in [5, 5.41) is 22.0. The molecule has 0 bridgehead atoms. The van der Waals surface area contributed by atoms with Crippen molar-refractivity contribution >= 4 is 5.69 Å². The molecule has 1 unspecified atom stereocenters. The van der Waals surface area contributed by atoms with Crippen LogP contribution in [0.25, 0.3) is 0 Å². The number of nitrogens with one attached hydrogen (secondary N) is 1. The van der Waals surface area contributed by atoms with E-state index < -0.39 is 11.0 Å². The van der Waals surface area contributed by atoms with Crippen molar-refractivity contribution in [2.75, 3.05) is 13.7 Å². The fourth-order valence-electron chi connectivity index (χ4n) is 1.27. The van der Waals surface area contributed by atoms with Crippen LogP contribution in [0.15, 0.2) is 18.2 Å². The maximum atomic E-state index is 10.5. The van der Waals surface area contributed by atoms with Gasteiger partial charge in [-0.1, -0.05) is 0 Å². The maximum absolute atomic E-state index is 10.5. The highest BCUT2D eigenvalue weighted by molar-refractivity contribution is 5.42. The van der Waals surface area contributed by atoms with Gasteiger partial charge in [0.15, 0.2) is 0 Å². The summed E-state index contributed by atoms with van der Waals surface area (Å²) in [5.74, 6) is 0.547. The van der Waals surface area contributed by atoms with Gasteiger partial charge in [0.2, 0.25) is 0 Å². The summed E-state index contributed by atoms with van der Waals surface area (Å²) in [7, 11) is 1.67. The summed E-state index contributed by atoms with van der Waals surface area (Å²) in [6, 6.07) is 5.99. The van der Waals surface area contributed by atoms with E-state index >= 15 is 0 Å². The zero-order chi connectivity index (χ0) is 12.8. The molecule has 1 N–H and O–H groups in total. The van der Waals surface area contributed by atoms with Gasteiger partial charge in [-0.15, -0.1) is 0 Å². The van der Waals surface area contributed by atoms with Gasteiger partial charge in [0.1, 0.15) is 18.4 Å². The molecule has 1 aromatic carbocycles. The van der Waals surface area contributed by atoms with Gasteiger partial charge in [-0.25, -0.2) is 0 Å². The number of nitriles is 1. The predicted molar refractivity (Wildman–Crippen MR) is 61.8 cm³/mol. The molecule has 0 amide bonds. The highest BCUT2D eigenvalue weighted by Gasteiger charge is 2.10. The number of hydrogen-bond donors (Lipinski definition) is 1. The van der Waals surface area contributed by atoms with E-state index in [2.05, 4.69) is 5.32 Å². The molecule has 0 aliphatic rings. The number of nitro benzene ring substituents is 1. The van der Waals surface area contributed by atoms with E-state index in [-0.39, 0.29) is 12.3 Å². The number of rotatable bonds is 5. The molecule has 0 saturated heterocycles. The lowest BCUT2D eigenvalue weighted by molar-refractivity contribution is -0.384. The molecule has 0 aliphatic heterocycles. The number of nitrogens with zero attached hydrogens (tertiary/aromatic N) is 2. The Morgan fingerprint density at radius 2 is 2.35 bits per heavy atom. The van der Waals surface area contributed by atoms with Gasteiger partial charge in [-0.2, -0.15) is 5.26 Å². The van der Waals surface area contributed by atoms with Crippen LogP contribution in [-0.4, -0.2) is 24.6 Å². The first-order chi connectivity index (χ1) is 8.08. The molecule has 0 aliphatic carbocycles. The van der Waals surface area contributed by atoms with Crippen molar-refractivity contribution in [2.24, 2.45) is 0 Å². The number of benzene rings is 1. The molecule has 17 heavy (non-hydrogen) atoms. The average molecular weight is 235 g/mol. The third kappa shape index (κ3) is 3.43. The minimum atomic E-state index is -0.456. The smallest absolute Gasteiger partial charge is 0.269 e. The molecule has 0 aromatic heterocycles. The first kappa shape index (κ1) is 12.9. The lowest BCUT2D eigenvalue weighted by Gasteiger charge is -2.11. The van der Waals surface area contributed by atoms with Gasteiger partial charge in [0.25, 0.3) is 5.69 Å². The van der Waals surface area contributed by atoms with Crippen LogP contribution in [-0.2, 0) is 0 Å². The maximum Gasteiger partial charge on any atom is 0.269 e. The standard InChI is InChI=1S/C11H13N3O3/c1-8-5-10(14(15)16)3-4-11(8)17-7-9(6-12)13-2/h3-5,9,13H,7H2,1-2H3. The van der Waals surface area contributed by atoms with E-state index in [1.165, 1.54) is 18.2 Å². The summed E-state index contributed by atoms with van der Waals surface area (Å²) in [6.07, 6.45) is 0. The van der Waals surface area contributed by atoms with E-state index in [0.29, 0.717) is 11.3 Å². The molecule has 0 heterocycles. The molecule has 0 spiro atoms. The highest BCUT2D eigenvalue weighted by atomic mass is 16.6. The third-order valence-electron chi connectivity index (χ3n) is 2.28. The van der Waals surface area contributed by atoms with Crippen LogP contribution in [0, 0.1) is 28.4 Å². The second kappa shape index (κ2) is 5.82. The Hall–Kier alpha value is -2.13. The predicted octanol–water partition coefficient (Wildman–Crippen LogP) is 1.39. The van der Waals surface area contributed by atoms with Crippen molar-refractivity contribution in [3.05, 3.63) is 33.9 Å². The van der Waals surface area contributed by atoms with Crippen LogP contribution in [0.3, 0.4) is 0 Å². The Bertz CT molecular complexity index is 454. The van der Waals surface area contributed by atoms with Crippen LogP contribution in [0.5, 0.6) is 5.75 Å². The number of nitro groups is 1. The summed E-state index contributed by atoms with van der Waals surface area (Å²) in [5.41, 5.74) is 0.701. The van der Waals surface area contributed by atoms with Crippen LogP contribution in [0.2, 0.25) is 0 Å². The van der Waals surface area contributed by atoms with Gasteiger partial charge in [0.05, 0.1) is 11.0 Å². The topological polar surface area (TPSA) is 88.2 Å². The third-order valence-corrected chi connectivity index (χ3v) is 2.28. The number of hydrogen-bond acceptors (Lipinski definition) is 5. The van der Waals surface area contributed by atoms with Crippen molar-refractivity contribution < 1.29 is 9.66 Å². The lowest BCUT2D eigenvalue weighted by Crippen LogP contribution is -2.30. The normalized spacial score (nSPS) is 11.6. The van der Waals surface area contributed by atoms with Crippen molar-refractivity contribution in [2.45, 2.75) is 13.0 Å². The van der Waals surface area contributed by atoms with Gasteiger partial charge in [-0.05, 0) is 25.6 Å². The summed E-state index contributed by atoms with van der Waals surface area (Å²) < 4.78 is 5.41. The van der Waals surface area contributed by atoms with Gasteiger partial charge < -0.3 is 10.1 Å². The Morgan fingerprint density at radius 1 is 1.65 bits per heavy atom. The van der Waals surface area contributed by atoms with E-state index in [9.17, 15) is 10.1 Å². The minimum Gasteiger partial charge on any atom is -0.491 e. The SMILES string of the molecule is CNC(C#N)COc1ccc([N+](=O)[O-])cc1C. The molecule has 1 aromatic rings. The molecular formula is C11H13N3O3. The first-order valence-electron chi connectivity index (χ1n) is 5.03. The molecular weight excluding hydrogens is 222 g/mol. The number of ether oxygens (including phenoxy) is 1. The number of non-ortho nitro benzene ring substituents is 1. The molecule has 0 fully saturated rings. The van der Waals surface area contributed by atoms with E-state index in [4.69, 9.17) is 10.00 Å². The highest BCUT2D eigenvalue weighted by Crippen LogP contribution is 2.23. The van der Waals surface area contributed by atoms with Crippen LogP contribution < -0.4 is 10.1 Å². The van der Waals surface area contributed by atoms with Crippen molar-refractivity contribution in [3.8, 4) is 11.8 Å². The van der Waals surface area contributed by atoms with Gasteiger partial charge in [0, 0.05) is 12.1 Å². The van der Waals surface area contributed by atoms with Crippen molar-refractivity contribution in [3.63, 3.8) is 0 Å². The monoisotopic (exact) mass is 235 g/mol. The molecule has 0 radical (unpaired) electrons. The lowest BCUT2D eigenvalue weighted by atomic mass is 10.2. The quantitative estimate of drug-likeness (QED) is 0.615. The fourth-order valence-corrected chi connectivity index (χ4v) is 1.27. The zero-order valence-electron chi connectivity index (χ0n) is 9.64. The first-order valence-corrected chi connectivity index (χ1v) is 5.03. The summed E-state index contributed by atoms with van der Waals surface area (Å²) >= 11 is 0. The van der Waals surface area contributed by atoms with E-state index in [1.807, 2.05) is 6.07 Å². The molecule has 6 heteroatoms. The van der Waals surface area contributed by atoms with Gasteiger partial charge in [-0.3, -0.25) is 10.1 Å². The number of aryl methyl sites for hydroxylation is 1. The minimum absolute atomic E-state index is 0.0281. The molecule has 1 rings (SSSR count). The summed E-state index contributed by atoms with van der Waals surface area (Å²) in [6.45, 7) is 1.93. The second-order valence-corrected chi connectivity index (χ2v) is 3.49. The zero-order valence-corrected chi connectivity index (χ0v) is 9.64. The molecule has 1 atom stereocenters. The van der Waals surface area contributed by atoms with Gasteiger partial charge >= 0.3 is 0 Å². The van der Waals surface area contributed by atoms with E-state index in [0.717, 1.165) is 0 Å². The Labute approximate surface area is 99.0 Å². The largest absolute Gasteiger partial charge is 0.491 e. The molecule has 6 nitrogen and oxygen atoms in total. The Balaban J connectivity index is 2.73.